The van der Waals surface area contributed by atoms with Gasteiger partial charge in [-0.25, -0.2) is 13.8 Å². The molecule has 0 bridgehead atoms. The third kappa shape index (κ3) is 3.05. The smallest absolute Gasteiger partial charge is 0.251 e. The molecule has 0 saturated carbocycles. The number of rotatable bonds is 4. The van der Waals surface area contributed by atoms with Crippen LogP contribution in [-0.2, 0) is 6.54 Å². The van der Waals surface area contributed by atoms with E-state index in [-0.39, 0.29) is 17.8 Å². The van der Waals surface area contributed by atoms with Crippen LogP contribution in [0.4, 0.5) is 14.5 Å². The maximum atomic E-state index is 13.5. The first-order valence-electron chi connectivity index (χ1n) is 5.45. The Kier molecular flexibility index (Phi) is 4.06. The van der Waals surface area contributed by atoms with Gasteiger partial charge in [0.25, 0.3) is 5.91 Å². The first kappa shape index (κ1) is 13.4. The zero-order valence-corrected chi connectivity index (χ0v) is 10.9. The van der Waals surface area contributed by atoms with Crippen LogP contribution in [0.25, 0.3) is 0 Å². The largest absolute Gasteiger partial charge is 0.383 e. The number of amides is 1. The number of benzene rings is 1. The Labute approximate surface area is 112 Å². The minimum atomic E-state index is -0.804. The van der Waals surface area contributed by atoms with Gasteiger partial charge >= 0.3 is 0 Å². The van der Waals surface area contributed by atoms with Crippen LogP contribution in [0, 0.1) is 11.6 Å². The van der Waals surface area contributed by atoms with Crippen molar-refractivity contribution in [1.29, 1.82) is 0 Å². The Morgan fingerprint density at radius 2 is 2.05 bits per heavy atom. The average molecular weight is 283 g/mol. The summed E-state index contributed by atoms with van der Waals surface area (Å²) in [7, 11) is 1.41. The van der Waals surface area contributed by atoms with E-state index < -0.39 is 17.5 Å². The summed E-state index contributed by atoms with van der Waals surface area (Å²) in [6.07, 6.45) is 1.62. The number of halogens is 2. The second-order valence-electron chi connectivity index (χ2n) is 3.67. The van der Waals surface area contributed by atoms with E-state index in [1.807, 2.05) is 0 Å². The van der Waals surface area contributed by atoms with Gasteiger partial charge in [0.05, 0.1) is 6.54 Å². The molecule has 0 aliphatic rings. The standard InChI is InChI=1S/C12H11F2N3OS/c1-15-11-8(13)4-7(5-9(11)14)12(18)17-6-10-16-2-3-19-10/h2-5,15H,6H2,1H3,(H,17,18). The van der Waals surface area contributed by atoms with Gasteiger partial charge in [0.1, 0.15) is 22.3 Å². The first-order valence-corrected chi connectivity index (χ1v) is 6.33. The molecule has 1 aromatic carbocycles. The topological polar surface area (TPSA) is 54.0 Å². The Bertz CT molecular complexity index is 564. The molecule has 0 saturated heterocycles. The van der Waals surface area contributed by atoms with Crippen molar-refractivity contribution in [3.8, 4) is 0 Å². The maximum absolute atomic E-state index is 13.5. The molecular weight excluding hydrogens is 272 g/mol. The van der Waals surface area contributed by atoms with Crippen molar-refractivity contribution >= 4 is 22.9 Å². The zero-order chi connectivity index (χ0) is 13.8. The van der Waals surface area contributed by atoms with Gasteiger partial charge in [-0.15, -0.1) is 11.3 Å². The molecule has 7 heteroatoms. The molecule has 0 atom stereocenters. The quantitative estimate of drug-likeness (QED) is 0.906. The van der Waals surface area contributed by atoms with Crippen molar-refractivity contribution in [2.75, 3.05) is 12.4 Å². The highest BCUT2D eigenvalue weighted by atomic mass is 32.1. The average Bonchev–Trinajstić information content (AvgIpc) is 2.88. The summed E-state index contributed by atoms with van der Waals surface area (Å²) in [5.74, 6) is -2.15. The van der Waals surface area contributed by atoms with Gasteiger partial charge in [-0.1, -0.05) is 0 Å². The molecule has 0 aliphatic heterocycles. The molecule has 2 N–H and O–H groups in total. The summed E-state index contributed by atoms with van der Waals surface area (Å²) < 4.78 is 27.0. The number of anilines is 1. The Morgan fingerprint density at radius 1 is 1.37 bits per heavy atom. The van der Waals surface area contributed by atoms with Crippen LogP contribution in [0.15, 0.2) is 23.7 Å². The monoisotopic (exact) mass is 283 g/mol. The highest BCUT2D eigenvalue weighted by molar-refractivity contribution is 7.09. The Balaban J connectivity index is 2.11. The van der Waals surface area contributed by atoms with Crippen LogP contribution in [0.1, 0.15) is 15.4 Å². The molecule has 1 heterocycles. The number of carbonyl (C=O) groups is 1. The van der Waals surface area contributed by atoms with Crippen LogP contribution in [0.5, 0.6) is 0 Å². The van der Waals surface area contributed by atoms with E-state index in [0.717, 1.165) is 17.1 Å². The van der Waals surface area contributed by atoms with Crippen molar-refractivity contribution in [2.24, 2.45) is 0 Å². The van der Waals surface area contributed by atoms with Gasteiger partial charge in [-0.05, 0) is 12.1 Å². The van der Waals surface area contributed by atoms with Crippen LogP contribution in [0.3, 0.4) is 0 Å². The molecule has 0 spiro atoms. The van der Waals surface area contributed by atoms with Crippen molar-refractivity contribution in [3.63, 3.8) is 0 Å². The molecule has 19 heavy (non-hydrogen) atoms. The van der Waals surface area contributed by atoms with Crippen molar-refractivity contribution in [2.45, 2.75) is 6.54 Å². The normalized spacial score (nSPS) is 10.3. The number of nitrogens with zero attached hydrogens (tertiary/aromatic N) is 1. The minimum absolute atomic E-state index is 0.0643. The molecular formula is C12H11F2N3OS. The van der Waals surface area contributed by atoms with Crippen LogP contribution in [-0.4, -0.2) is 17.9 Å². The second-order valence-corrected chi connectivity index (χ2v) is 4.65. The third-order valence-corrected chi connectivity index (χ3v) is 3.22. The predicted octanol–water partition coefficient (Wildman–Crippen LogP) is 2.39. The summed E-state index contributed by atoms with van der Waals surface area (Å²) >= 11 is 1.39. The third-order valence-electron chi connectivity index (χ3n) is 2.44. The highest BCUT2D eigenvalue weighted by Gasteiger charge is 2.14. The molecule has 0 aliphatic carbocycles. The van der Waals surface area contributed by atoms with Crippen molar-refractivity contribution in [3.05, 3.63) is 45.9 Å². The fraction of sp³-hybridized carbons (Fsp3) is 0.167. The van der Waals surface area contributed by atoms with E-state index >= 15 is 0 Å². The lowest BCUT2D eigenvalue weighted by atomic mass is 10.1. The van der Waals surface area contributed by atoms with Gasteiger partial charge in [-0.3, -0.25) is 4.79 Å². The highest BCUT2D eigenvalue weighted by Crippen LogP contribution is 2.20. The number of hydrogen-bond acceptors (Lipinski definition) is 4. The zero-order valence-electron chi connectivity index (χ0n) is 10.0. The van der Waals surface area contributed by atoms with Gasteiger partial charge in [0, 0.05) is 24.2 Å². The maximum Gasteiger partial charge on any atom is 0.251 e. The van der Waals surface area contributed by atoms with Gasteiger partial charge in [-0.2, -0.15) is 0 Å². The summed E-state index contributed by atoms with van der Waals surface area (Å²) in [6, 6.07) is 1.98. The lowest BCUT2D eigenvalue weighted by molar-refractivity contribution is 0.0950. The van der Waals surface area contributed by atoms with E-state index in [2.05, 4.69) is 15.6 Å². The summed E-state index contributed by atoms with van der Waals surface area (Å²) in [5, 5.41) is 7.45. The van der Waals surface area contributed by atoms with E-state index in [0.29, 0.717) is 0 Å². The molecule has 2 aromatic rings. The van der Waals surface area contributed by atoms with Gasteiger partial charge in [0.15, 0.2) is 0 Å². The minimum Gasteiger partial charge on any atom is -0.383 e. The Morgan fingerprint density at radius 3 is 2.58 bits per heavy atom. The van der Waals surface area contributed by atoms with Crippen LogP contribution >= 0.6 is 11.3 Å². The predicted molar refractivity (Wildman–Crippen MR) is 69.2 cm³/mol. The lowest BCUT2D eigenvalue weighted by Gasteiger charge is -2.07. The van der Waals surface area contributed by atoms with Gasteiger partial charge in [0.2, 0.25) is 0 Å². The fourth-order valence-corrected chi connectivity index (χ4v) is 2.10. The molecule has 0 unspecified atom stereocenters. The summed E-state index contributed by atoms with van der Waals surface area (Å²) in [6.45, 7) is 0.230. The molecule has 1 aromatic heterocycles. The molecule has 100 valence electrons. The van der Waals surface area contributed by atoms with E-state index in [4.69, 9.17) is 0 Å². The van der Waals surface area contributed by atoms with Crippen LogP contribution < -0.4 is 10.6 Å². The number of thiazole rings is 1. The molecule has 0 radical (unpaired) electrons. The fourth-order valence-electron chi connectivity index (χ4n) is 1.54. The molecule has 1 amide bonds. The number of nitrogens with one attached hydrogen (secondary N) is 2. The number of hydrogen-bond donors (Lipinski definition) is 2. The van der Waals surface area contributed by atoms with E-state index in [1.165, 1.54) is 18.4 Å². The summed E-state index contributed by atoms with van der Waals surface area (Å²) in [4.78, 5) is 15.7. The number of carbonyl (C=O) groups excluding carboxylic acids is 1. The first-order chi connectivity index (χ1) is 9.11. The van der Waals surface area contributed by atoms with E-state index in [1.54, 1.807) is 11.6 Å². The molecule has 2 rings (SSSR count). The second kappa shape index (κ2) is 5.75. The summed E-state index contributed by atoms with van der Waals surface area (Å²) in [5.41, 5.74) is -0.318. The molecule has 0 fully saturated rings. The van der Waals surface area contributed by atoms with Crippen molar-refractivity contribution < 1.29 is 13.6 Å². The number of aromatic nitrogens is 1. The Hall–Kier alpha value is -2.02. The van der Waals surface area contributed by atoms with Crippen molar-refractivity contribution in [1.82, 2.24) is 10.3 Å². The SMILES string of the molecule is CNc1c(F)cc(C(=O)NCc2nccs2)cc1F. The lowest BCUT2D eigenvalue weighted by Crippen LogP contribution is -2.23. The van der Waals surface area contributed by atoms with Crippen LogP contribution in [0.2, 0.25) is 0 Å². The van der Waals surface area contributed by atoms with Gasteiger partial charge < -0.3 is 10.6 Å². The van der Waals surface area contributed by atoms with E-state index in [9.17, 15) is 13.6 Å². The molecule has 4 nitrogen and oxygen atoms in total.